The number of rotatable bonds is 10. The molecular weight excluding hydrogens is 384 g/mol. The second-order valence-electron chi connectivity index (χ2n) is 6.62. The summed E-state index contributed by atoms with van der Waals surface area (Å²) in [7, 11) is -3.69. The molecule has 1 aliphatic carbocycles. The molecule has 10 heteroatoms. The van der Waals surface area contributed by atoms with E-state index in [4.69, 9.17) is 0 Å². The van der Waals surface area contributed by atoms with E-state index in [1.165, 1.54) is 16.4 Å². The lowest BCUT2D eigenvalue weighted by Gasteiger charge is -2.25. The number of carbonyl (C=O) groups is 1. The van der Waals surface area contributed by atoms with Crippen LogP contribution < -0.4 is 10.2 Å². The Morgan fingerprint density at radius 1 is 1.18 bits per heavy atom. The van der Waals surface area contributed by atoms with Gasteiger partial charge in [-0.15, -0.1) is 0 Å². The lowest BCUT2D eigenvalue weighted by molar-refractivity contribution is -0.497. The maximum atomic E-state index is 12.9. The van der Waals surface area contributed by atoms with Gasteiger partial charge in [-0.25, -0.2) is 8.42 Å². The Hall–Kier alpha value is -2.20. The van der Waals surface area contributed by atoms with E-state index in [0.29, 0.717) is 37.6 Å². The van der Waals surface area contributed by atoms with Gasteiger partial charge in [-0.1, -0.05) is 13.8 Å². The summed E-state index contributed by atoms with van der Waals surface area (Å²) in [5, 5.41) is 13.6. The monoisotopic (exact) mass is 412 g/mol. The number of nitrogens with zero attached hydrogens (tertiary/aromatic N) is 3. The van der Waals surface area contributed by atoms with Crippen molar-refractivity contribution in [2.75, 3.05) is 36.4 Å². The van der Waals surface area contributed by atoms with Gasteiger partial charge in [0.15, 0.2) is 0 Å². The standard InChI is InChI=1S/C18H28N4O5S/c1-5-20(6-2)16-10-9-13(28(26,27)21(7-3)8-4)11-15(16)19-18(23)14-12-17(14)22(24)25/h9-11,14,17H,5-8,12H2,1-4H3,(H,19,23). The van der Waals surface area contributed by atoms with Crippen molar-refractivity contribution in [3.8, 4) is 0 Å². The van der Waals surface area contributed by atoms with Crippen LogP contribution in [0.25, 0.3) is 0 Å². The summed E-state index contributed by atoms with van der Waals surface area (Å²) in [6, 6.07) is 3.80. The third kappa shape index (κ3) is 4.44. The van der Waals surface area contributed by atoms with Crippen LogP contribution in [0, 0.1) is 16.0 Å². The summed E-state index contributed by atoms with van der Waals surface area (Å²) in [4.78, 5) is 24.9. The summed E-state index contributed by atoms with van der Waals surface area (Å²) >= 11 is 0. The summed E-state index contributed by atoms with van der Waals surface area (Å²) in [5.74, 6) is -1.13. The predicted octanol–water partition coefficient (Wildman–Crippen LogP) is 2.17. The van der Waals surface area contributed by atoms with Gasteiger partial charge in [0.2, 0.25) is 22.0 Å². The number of anilines is 2. The number of carbonyl (C=O) groups excluding carboxylic acids is 1. The number of hydrogen-bond donors (Lipinski definition) is 1. The first kappa shape index (κ1) is 22.1. The molecule has 0 spiro atoms. The van der Waals surface area contributed by atoms with Crippen LogP contribution in [-0.4, -0.2) is 55.8 Å². The van der Waals surface area contributed by atoms with Crippen LogP contribution in [0.2, 0.25) is 0 Å². The number of benzene rings is 1. The van der Waals surface area contributed by atoms with Gasteiger partial charge in [0.05, 0.1) is 16.3 Å². The van der Waals surface area contributed by atoms with Gasteiger partial charge in [0, 0.05) is 37.5 Å². The van der Waals surface area contributed by atoms with E-state index in [0.717, 1.165) is 0 Å². The highest BCUT2D eigenvalue weighted by molar-refractivity contribution is 7.89. The summed E-state index contributed by atoms with van der Waals surface area (Å²) in [5.41, 5.74) is 1.05. The Morgan fingerprint density at radius 2 is 1.79 bits per heavy atom. The van der Waals surface area contributed by atoms with Crippen molar-refractivity contribution in [1.82, 2.24) is 4.31 Å². The van der Waals surface area contributed by atoms with Crippen LogP contribution in [0.3, 0.4) is 0 Å². The lowest BCUT2D eigenvalue weighted by atomic mass is 10.2. The Kier molecular flexibility index (Phi) is 7.00. The second kappa shape index (κ2) is 8.87. The van der Waals surface area contributed by atoms with Crippen LogP contribution in [-0.2, 0) is 14.8 Å². The van der Waals surface area contributed by atoms with Gasteiger partial charge in [-0.05, 0) is 32.0 Å². The number of nitrogens with one attached hydrogen (secondary N) is 1. The fraction of sp³-hybridized carbons (Fsp3) is 0.611. The first-order valence-corrected chi connectivity index (χ1v) is 11.0. The summed E-state index contributed by atoms with van der Waals surface area (Å²) < 4.78 is 27.0. The Labute approximate surface area is 165 Å². The minimum absolute atomic E-state index is 0.0871. The Balaban J connectivity index is 2.41. The van der Waals surface area contributed by atoms with Crippen molar-refractivity contribution < 1.29 is 18.1 Å². The second-order valence-corrected chi connectivity index (χ2v) is 8.56. The zero-order valence-electron chi connectivity index (χ0n) is 16.7. The number of nitro groups is 1. The smallest absolute Gasteiger partial charge is 0.243 e. The molecule has 1 aliphatic rings. The van der Waals surface area contributed by atoms with Crippen LogP contribution >= 0.6 is 0 Å². The van der Waals surface area contributed by atoms with E-state index in [1.807, 2.05) is 18.7 Å². The fourth-order valence-electron chi connectivity index (χ4n) is 3.25. The van der Waals surface area contributed by atoms with Crippen LogP contribution in [0.1, 0.15) is 34.1 Å². The van der Waals surface area contributed by atoms with E-state index in [1.54, 1.807) is 19.9 Å². The third-order valence-electron chi connectivity index (χ3n) is 5.04. The fourth-order valence-corrected chi connectivity index (χ4v) is 4.73. The quantitative estimate of drug-likeness (QED) is 0.465. The lowest BCUT2D eigenvalue weighted by Crippen LogP contribution is -2.31. The van der Waals surface area contributed by atoms with Crippen LogP contribution in [0.4, 0.5) is 11.4 Å². The molecule has 2 rings (SSSR count). The normalized spacial score (nSPS) is 18.8. The Bertz CT molecular complexity index is 834. The van der Waals surface area contributed by atoms with Crippen molar-refractivity contribution in [3.05, 3.63) is 28.3 Å². The molecule has 0 bridgehead atoms. The van der Waals surface area contributed by atoms with Crippen molar-refractivity contribution >= 4 is 27.3 Å². The summed E-state index contributed by atoms with van der Waals surface area (Å²) in [6.45, 7) is 9.46. The molecule has 9 nitrogen and oxygen atoms in total. The number of hydrogen-bond acceptors (Lipinski definition) is 6. The van der Waals surface area contributed by atoms with Crippen molar-refractivity contribution in [2.45, 2.75) is 45.1 Å². The molecule has 0 saturated heterocycles. The van der Waals surface area contributed by atoms with Gasteiger partial charge < -0.3 is 10.2 Å². The molecule has 28 heavy (non-hydrogen) atoms. The minimum Gasteiger partial charge on any atom is -0.370 e. The largest absolute Gasteiger partial charge is 0.370 e. The van der Waals surface area contributed by atoms with Gasteiger partial charge in [0.25, 0.3) is 0 Å². The predicted molar refractivity (Wildman–Crippen MR) is 108 cm³/mol. The molecular formula is C18H28N4O5S. The molecule has 1 fully saturated rings. The molecule has 156 valence electrons. The highest BCUT2D eigenvalue weighted by Crippen LogP contribution is 2.36. The van der Waals surface area contributed by atoms with E-state index < -0.39 is 32.8 Å². The van der Waals surface area contributed by atoms with Crippen molar-refractivity contribution in [2.24, 2.45) is 5.92 Å². The van der Waals surface area contributed by atoms with Crippen molar-refractivity contribution in [3.63, 3.8) is 0 Å². The van der Waals surface area contributed by atoms with E-state index >= 15 is 0 Å². The Morgan fingerprint density at radius 3 is 2.25 bits per heavy atom. The molecule has 1 aromatic carbocycles. The van der Waals surface area contributed by atoms with Crippen LogP contribution in [0.5, 0.6) is 0 Å². The molecule has 0 aromatic heterocycles. The first-order valence-electron chi connectivity index (χ1n) is 9.54. The van der Waals surface area contributed by atoms with Gasteiger partial charge >= 0.3 is 0 Å². The molecule has 0 aliphatic heterocycles. The van der Waals surface area contributed by atoms with Crippen LogP contribution in [0.15, 0.2) is 23.1 Å². The molecule has 0 heterocycles. The zero-order chi connectivity index (χ0) is 21.1. The van der Waals surface area contributed by atoms with Crippen molar-refractivity contribution in [1.29, 1.82) is 0 Å². The first-order chi connectivity index (χ1) is 13.2. The third-order valence-corrected chi connectivity index (χ3v) is 7.08. The van der Waals surface area contributed by atoms with E-state index in [-0.39, 0.29) is 11.3 Å². The number of sulfonamides is 1. The topological polar surface area (TPSA) is 113 Å². The minimum atomic E-state index is -3.69. The van der Waals surface area contributed by atoms with Gasteiger partial charge in [-0.3, -0.25) is 14.9 Å². The van der Waals surface area contributed by atoms with E-state index in [9.17, 15) is 23.3 Å². The average molecular weight is 413 g/mol. The van der Waals surface area contributed by atoms with Gasteiger partial charge in [-0.2, -0.15) is 4.31 Å². The molecule has 0 radical (unpaired) electrons. The van der Waals surface area contributed by atoms with Gasteiger partial charge in [0.1, 0.15) is 5.92 Å². The molecule has 1 aromatic rings. The number of amides is 1. The molecule has 2 unspecified atom stereocenters. The summed E-state index contributed by atoms with van der Waals surface area (Å²) in [6.07, 6.45) is 0.205. The molecule has 1 amide bonds. The highest BCUT2D eigenvalue weighted by atomic mass is 32.2. The zero-order valence-corrected chi connectivity index (χ0v) is 17.5. The maximum Gasteiger partial charge on any atom is 0.243 e. The molecule has 1 N–H and O–H groups in total. The SMILES string of the molecule is CCN(CC)c1ccc(S(=O)(=O)N(CC)CC)cc1NC(=O)C1CC1[N+](=O)[O-]. The molecule has 2 atom stereocenters. The molecule has 1 saturated carbocycles. The maximum absolute atomic E-state index is 12.9. The average Bonchev–Trinajstić information content (AvgIpc) is 3.45. The highest BCUT2D eigenvalue weighted by Gasteiger charge is 2.53. The van der Waals surface area contributed by atoms with E-state index in [2.05, 4.69) is 5.32 Å².